The molecule has 0 spiro atoms. The van der Waals surface area contributed by atoms with Gasteiger partial charge in [-0.1, -0.05) is 0 Å². The van der Waals surface area contributed by atoms with Crippen LogP contribution in [0.1, 0.15) is 12.0 Å². The molecule has 33 heavy (non-hydrogen) atoms. The lowest BCUT2D eigenvalue weighted by atomic mass is 10.0. The molecule has 9 nitrogen and oxygen atoms in total. The van der Waals surface area contributed by atoms with Gasteiger partial charge in [-0.25, -0.2) is 22.4 Å². The van der Waals surface area contributed by atoms with E-state index in [1.54, 1.807) is 36.0 Å². The largest absolute Gasteiger partial charge is 0.326 e. The third kappa shape index (κ3) is 3.41. The molecule has 1 aliphatic heterocycles. The fourth-order valence-corrected chi connectivity index (χ4v) is 5.97. The zero-order valence-electron chi connectivity index (χ0n) is 17.0. The molecule has 1 aliphatic rings. The molecule has 0 saturated heterocycles. The van der Waals surface area contributed by atoms with Gasteiger partial charge >= 0.3 is 0 Å². The average molecular weight is 477 g/mol. The van der Waals surface area contributed by atoms with E-state index in [2.05, 4.69) is 25.6 Å². The molecule has 5 aromatic rings. The van der Waals surface area contributed by atoms with E-state index in [-0.39, 0.29) is 22.4 Å². The highest BCUT2D eigenvalue weighted by Crippen LogP contribution is 2.28. The molecular formula is C22H16N6O3S2. The van der Waals surface area contributed by atoms with Crippen LogP contribution in [-0.2, 0) is 21.2 Å². The third-order valence-corrected chi connectivity index (χ3v) is 7.96. The zero-order chi connectivity index (χ0) is 22.6. The highest BCUT2D eigenvalue weighted by Gasteiger charge is 2.21. The maximum atomic E-state index is 13.4. The number of amides is 1. The number of nitrogens with one attached hydrogen (secondary N) is 2. The molecule has 3 aromatic heterocycles. The first-order valence-electron chi connectivity index (χ1n) is 10.1. The van der Waals surface area contributed by atoms with Crippen LogP contribution in [0.15, 0.2) is 65.3 Å². The van der Waals surface area contributed by atoms with Gasteiger partial charge in [0.2, 0.25) is 11.9 Å². The smallest absolute Gasteiger partial charge is 0.269 e. The summed E-state index contributed by atoms with van der Waals surface area (Å²) in [5, 5.41) is 6.59. The summed E-state index contributed by atoms with van der Waals surface area (Å²) >= 11 is 1.39. The number of carbonyl (C=O) groups is 1. The van der Waals surface area contributed by atoms with Crippen molar-refractivity contribution in [3.8, 4) is 0 Å². The maximum absolute atomic E-state index is 13.4. The van der Waals surface area contributed by atoms with Crippen molar-refractivity contribution in [1.29, 1.82) is 0 Å². The predicted octanol–water partition coefficient (Wildman–Crippen LogP) is 3.91. The molecule has 11 heteroatoms. The molecule has 164 valence electrons. The van der Waals surface area contributed by atoms with Gasteiger partial charge in [-0.05, 0) is 54.4 Å². The Bertz CT molecular complexity index is 1670. The summed E-state index contributed by atoms with van der Waals surface area (Å²) in [5.74, 6) is 0.281. The van der Waals surface area contributed by atoms with E-state index in [0.717, 1.165) is 27.2 Å². The van der Waals surface area contributed by atoms with Gasteiger partial charge in [0.1, 0.15) is 0 Å². The number of hydrogen-bond donors (Lipinski definition) is 2. The molecule has 6 rings (SSSR count). The minimum absolute atomic E-state index is 0.00783. The number of fused-ring (bicyclic) bond motifs is 3. The van der Waals surface area contributed by atoms with Gasteiger partial charge in [0.15, 0.2) is 5.65 Å². The van der Waals surface area contributed by atoms with E-state index in [4.69, 9.17) is 0 Å². The minimum Gasteiger partial charge on any atom is -0.326 e. The number of rotatable bonds is 4. The molecule has 2 aromatic carbocycles. The monoisotopic (exact) mass is 476 g/mol. The molecule has 0 atom stereocenters. The highest BCUT2D eigenvalue weighted by atomic mass is 32.2. The lowest BCUT2D eigenvalue weighted by Gasteiger charge is -2.17. The highest BCUT2D eigenvalue weighted by molar-refractivity contribution is 7.90. The van der Waals surface area contributed by atoms with Crippen molar-refractivity contribution in [3.05, 3.63) is 65.9 Å². The summed E-state index contributed by atoms with van der Waals surface area (Å²) in [6.45, 7) is 0. The standard InChI is InChI=1S/C22H16N6O3S2/c29-20-6-1-13-9-15(2-4-17(13)26-20)25-22-23-11-14-7-8-28(21(14)27-22)33(30,31)16-3-5-18-19(10-16)32-12-24-18/h2-5,7-12H,1,6H2,(H,26,29)(H,23,25,27). The van der Waals surface area contributed by atoms with Gasteiger partial charge in [-0.2, -0.15) is 4.98 Å². The Morgan fingerprint density at radius 2 is 1.97 bits per heavy atom. The first-order chi connectivity index (χ1) is 16.0. The van der Waals surface area contributed by atoms with E-state index < -0.39 is 10.0 Å². The first kappa shape index (κ1) is 19.8. The second-order valence-corrected chi connectivity index (χ2v) is 10.3. The van der Waals surface area contributed by atoms with E-state index in [1.807, 2.05) is 18.2 Å². The Morgan fingerprint density at radius 1 is 1.06 bits per heavy atom. The molecule has 0 saturated carbocycles. The van der Waals surface area contributed by atoms with Crippen LogP contribution in [0.3, 0.4) is 0 Å². The van der Waals surface area contributed by atoms with Gasteiger partial charge in [0.05, 0.1) is 20.6 Å². The first-order valence-corrected chi connectivity index (χ1v) is 12.4. The van der Waals surface area contributed by atoms with Crippen LogP contribution < -0.4 is 10.6 Å². The number of nitrogens with zero attached hydrogens (tertiary/aromatic N) is 4. The Balaban J connectivity index is 1.36. The molecule has 0 fully saturated rings. The van der Waals surface area contributed by atoms with Crippen molar-refractivity contribution < 1.29 is 13.2 Å². The molecular weight excluding hydrogens is 460 g/mol. The molecule has 4 heterocycles. The van der Waals surface area contributed by atoms with Crippen molar-refractivity contribution in [1.82, 2.24) is 18.9 Å². The molecule has 0 unspecified atom stereocenters. The van der Waals surface area contributed by atoms with Crippen LogP contribution in [-0.4, -0.2) is 33.2 Å². The molecule has 0 radical (unpaired) electrons. The normalized spacial score (nSPS) is 13.8. The van der Waals surface area contributed by atoms with Gasteiger partial charge in [0, 0.05) is 35.6 Å². The topological polar surface area (TPSA) is 119 Å². The van der Waals surface area contributed by atoms with E-state index in [9.17, 15) is 13.2 Å². The summed E-state index contributed by atoms with van der Waals surface area (Å²) in [4.78, 5) is 24.7. The van der Waals surface area contributed by atoms with E-state index in [1.165, 1.54) is 21.5 Å². The van der Waals surface area contributed by atoms with E-state index >= 15 is 0 Å². The van der Waals surface area contributed by atoms with Crippen molar-refractivity contribution in [3.63, 3.8) is 0 Å². The van der Waals surface area contributed by atoms with E-state index in [0.29, 0.717) is 18.2 Å². The Labute approximate surface area is 192 Å². The lowest BCUT2D eigenvalue weighted by molar-refractivity contribution is -0.116. The Hall–Kier alpha value is -3.83. The van der Waals surface area contributed by atoms with Crippen LogP contribution >= 0.6 is 11.3 Å². The van der Waals surface area contributed by atoms with Crippen molar-refractivity contribution in [2.75, 3.05) is 10.6 Å². The average Bonchev–Trinajstić information content (AvgIpc) is 3.45. The second kappa shape index (κ2) is 7.36. The molecule has 0 aliphatic carbocycles. The quantitative estimate of drug-likeness (QED) is 0.404. The zero-order valence-corrected chi connectivity index (χ0v) is 18.7. The van der Waals surface area contributed by atoms with Crippen LogP contribution in [0.25, 0.3) is 21.3 Å². The third-order valence-electron chi connectivity index (χ3n) is 5.51. The van der Waals surface area contributed by atoms with Crippen LogP contribution in [0.4, 0.5) is 17.3 Å². The summed E-state index contributed by atoms with van der Waals surface area (Å²) in [7, 11) is -3.86. The Kier molecular flexibility index (Phi) is 4.42. The lowest BCUT2D eigenvalue weighted by Crippen LogP contribution is -2.18. The number of aromatic nitrogens is 4. The predicted molar refractivity (Wildman–Crippen MR) is 126 cm³/mol. The van der Waals surface area contributed by atoms with Crippen LogP contribution in [0.2, 0.25) is 0 Å². The van der Waals surface area contributed by atoms with Gasteiger partial charge in [0.25, 0.3) is 10.0 Å². The molecule has 2 N–H and O–H groups in total. The van der Waals surface area contributed by atoms with Gasteiger partial charge < -0.3 is 10.6 Å². The fraction of sp³-hybridized carbons (Fsp3) is 0.0909. The maximum Gasteiger partial charge on any atom is 0.269 e. The number of aryl methyl sites for hydroxylation is 1. The number of carbonyl (C=O) groups excluding carboxylic acids is 1. The summed E-state index contributed by atoms with van der Waals surface area (Å²) in [6, 6.07) is 12.1. The number of thiazole rings is 1. The van der Waals surface area contributed by atoms with Crippen molar-refractivity contribution in [2.24, 2.45) is 0 Å². The van der Waals surface area contributed by atoms with Crippen LogP contribution in [0.5, 0.6) is 0 Å². The van der Waals surface area contributed by atoms with Crippen LogP contribution in [0, 0.1) is 0 Å². The fourth-order valence-electron chi connectivity index (χ4n) is 3.85. The number of benzene rings is 2. The number of anilines is 3. The number of hydrogen-bond acceptors (Lipinski definition) is 8. The molecule has 0 bridgehead atoms. The minimum atomic E-state index is -3.86. The Morgan fingerprint density at radius 3 is 2.88 bits per heavy atom. The summed E-state index contributed by atoms with van der Waals surface area (Å²) in [6.07, 6.45) is 4.16. The van der Waals surface area contributed by atoms with Crippen molar-refractivity contribution >= 4 is 65.8 Å². The SMILES string of the molecule is O=C1CCc2cc(Nc3ncc4ccn(S(=O)(=O)c5ccc6ncsc6c5)c4n3)ccc2N1. The summed E-state index contributed by atoms with van der Waals surface area (Å²) < 4.78 is 28.7. The second-order valence-electron chi connectivity index (χ2n) is 7.62. The van der Waals surface area contributed by atoms with Crippen molar-refractivity contribution in [2.45, 2.75) is 17.7 Å². The van der Waals surface area contributed by atoms with Gasteiger partial charge in [-0.3, -0.25) is 4.79 Å². The summed E-state index contributed by atoms with van der Waals surface area (Å²) in [5.41, 5.74) is 5.29. The molecule has 1 amide bonds. The van der Waals surface area contributed by atoms with Gasteiger partial charge in [-0.15, -0.1) is 11.3 Å².